The van der Waals surface area contributed by atoms with Crippen molar-refractivity contribution in [3.8, 4) is 0 Å². The SMILES string of the molecule is CC(C)c1cccc(NC(N)=NCC(O)CN2CCOCC2)c1. The number of β-amino-alcohol motifs (C(OH)–C–C–N with tert-alkyl or cyclic N) is 1. The molecule has 1 saturated heterocycles. The predicted molar refractivity (Wildman–Crippen MR) is 93.9 cm³/mol. The van der Waals surface area contributed by atoms with E-state index in [2.05, 4.69) is 41.2 Å². The highest BCUT2D eigenvalue weighted by Crippen LogP contribution is 2.18. The Kier molecular flexibility index (Phi) is 6.83. The minimum atomic E-state index is -0.518. The zero-order valence-corrected chi connectivity index (χ0v) is 14.0. The smallest absolute Gasteiger partial charge is 0.193 e. The number of nitrogens with zero attached hydrogens (tertiary/aromatic N) is 2. The number of anilines is 1. The Morgan fingerprint density at radius 3 is 2.83 bits per heavy atom. The van der Waals surface area contributed by atoms with Crippen molar-refractivity contribution < 1.29 is 9.84 Å². The number of aliphatic hydroxyl groups excluding tert-OH is 1. The van der Waals surface area contributed by atoms with Crippen molar-refractivity contribution >= 4 is 11.6 Å². The summed E-state index contributed by atoms with van der Waals surface area (Å²) in [4.78, 5) is 6.41. The van der Waals surface area contributed by atoms with E-state index in [-0.39, 0.29) is 0 Å². The molecule has 1 aliphatic rings. The molecule has 0 amide bonds. The number of nitrogens with one attached hydrogen (secondary N) is 1. The number of benzene rings is 1. The third kappa shape index (κ3) is 6.17. The maximum atomic E-state index is 10.1. The molecule has 0 radical (unpaired) electrons. The maximum Gasteiger partial charge on any atom is 0.193 e. The van der Waals surface area contributed by atoms with E-state index in [0.717, 1.165) is 32.0 Å². The lowest BCUT2D eigenvalue weighted by Gasteiger charge is -2.28. The summed E-state index contributed by atoms with van der Waals surface area (Å²) in [5, 5.41) is 13.1. The second kappa shape index (κ2) is 8.86. The van der Waals surface area contributed by atoms with E-state index in [1.54, 1.807) is 0 Å². The van der Waals surface area contributed by atoms with Crippen molar-refractivity contribution in [2.24, 2.45) is 10.7 Å². The number of aliphatic imine (C=N–C) groups is 1. The maximum absolute atomic E-state index is 10.1. The predicted octanol–water partition coefficient (Wildman–Crippen LogP) is 1.23. The van der Waals surface area contributed by atoms with Crippen LogP contribution in [-0.4, -0.2) is 61.5 Å². The fourth-order valence-electron chi connectivity index (χ4n) is 2.51. The first-order valence-electron chi connectivity index (χ1n) is 8.19. The second-order valence-corrected chi connectivity index (χ2v) is 6.20. The molecule has 0 aromatic heterocycles. The number of guanidine groups is 1. The Morgan fingerprint density at radius 2 is 2.13 bits per heavy atom. The van der Waals surface area contributed by atoms with E-state index in [0.29, 0.717) is 25.0 Å². The average Bonchev–Trinajstić information content (AvgIpc) is 2.54. The Hall–Kier alpha value is -1.63. The molecule has 4 N–H and O–H groups in total. The monoisotopic (exact) mass is 320 g/mol. The molecule has 2 rings (SSSR count). The van der Waals surface area contributed by atoms with Crippen LogP contribution in [-0.2, 0) is 4.74 Å². The molecule has 23 heavy (non-hydrogen) atoms. The minimum Gasteiger partial charge on any atom is -0.390 e. The molecule has 1 atom stereocenters. The molecule has 1 unspecified atom stereocenters. The molecule has 6 heteroatoms. The number of hydrogen-bond donors (Lipinski definition) is 3. The standard InChI is InChI=1S/C17H28N4O2/c1-13(2)14-4-3-5-15(10-14)20-17(18)19-11-16(22)12-21-6-8-23-9-7-21/h3-5,10,13,16,22H,6-9,11-12H2,1-2H3,(H3,18,19,20). The van der Waals surface area contributed by atoms with Gasteiger partial charge in [0, 0.05) is 25.3 Å². The van der Waals surface area contributed by atoms with Crippen molar-refractivity contribution in [2.75, 3.05) is 44.7 Å². The van der Waals surface area contributed by atoms with Gasteiger partial charge < -0.3 is 20.9 Å². The molecule has 1 aromatic rings. The van der Waals surface area contributed by atoms with Gasteiger partial charge in [-0.25, -0.2) is 0 Å². The third-order valence-corrected chi connectivity index (χ3v) is 3.87. The molecule has 128 valence electrons. The molecular formula is C17H28N4O2. The largest absolute Gasteiger partial charge is 0.390 e. The number of ether oxygens (including phenoxy) is 1. The minimum absolute atomic E-state index is 0.292. The van der Waals surface area contributed by atoms with Gasteiger partial charge in [-0.3, -0.25) is 9.89 Å². The summed E-state index contributed by atoms with van der Waals surface area (Å²) >= 11 is 0. The number of aliphatic hydroxyl groups is 1. The summed E-state index contributed by atoms with van der Waals surface area (Å²) in [7, 11) is 0. The van der Waals surface area contributed by atoms with E-state index >= 15 is 0 Å². The fourth-order valence-corrected chi connectivity index (χ4v) is 2.51. The van der Waals surface area contributed by atoms with Gasteiger partial charge in [0.2, 0.25) is 0 Å². The molecule has 1 aromatic carbocycles. The number of morpholine rings is 1. The highest BCUT2D eigenvalue weighted by atomic mass is 16.5. The summed E-state index contributed by atoms with van der Waals surface area (Å²) < 4.78 is 5.29. The highest BCUT2D eigenvalue weighted by Gasteiger charge is 2.14. The molecule has 1 fully saturated rings. The van der Waals surface area contributed by atoms with Crippen LogP contribution in [0, 0.1) is 0 Å². The lowest BCUT2D eigenvalue weighted by atomic mass is 10.0. The lowest BCUT2D eigenvalue weighted by molar-refractivity contribution is 0.0165. The highest BCUT2D eigenvalue weighted by molar-refractivity contribution is 5.92. The van der Waals surface area contributed by atoms with Crippen LogP contribution in [0.3, 0.4) is 0 Å². The zero-order valence-electron chi connectivity index (χ0n) is 14.0. The van der Waals surface area contributed by atoms with Gasteiger partial charge in [-0.15, -0.1) is 0 Å². The van der Waals surface area contributed by atoms with Crippen molar-refractivity contribution in [2.45, 2.75) is 25.9 Å². The Labute approximate surface area is 138 Å². The summed E-state index contributed by atoms with van der Waals surface area (Å²) in [5.74, 6) is 0.789. The van der Waals surface area contributed by atoms with Gasteiger partial charge in [0.25, 0.3) is 0 Å². The van der Waals surface area contributed by atoms with Gasteiger partial charge in [-0.1, -0.05) is 26.0 Å². The topological polar surface area (TPSA) is 83.1 Å². The van der Waals surface area contributed by atoms with Crippen LogP contribution in [0.5, 0.6) is 0 Å². The number of rotatable bonds is 6. The van der Waals surface area contributed by atoms with Gasteiger partial charge >= 0.3 is 0 Å². The molecule has 0 saturated carbocycles. The second-order valence-electron chi connectivity index (χ2n) is 6.20. The average molecular weight is 320 g/mol. The molecule has 1 aliphatic heterocycles. The van der Waals surface area contributed by atoms with Crippen LogP contribution in [0.4, 0.5) is 5.69 Å². The molecular weight excluding hydrogens is 292 g/mol. The Morgan fingerprint density at radius 1 is 1.39 bits per heavy atom. The van der Waals surface area contributed by atoms with Gasteiger partial charge in [-0.05, 0) is 23.6 Å². The summed E-state index contributed by atoms with van der Waals surface area (Å²) in [6.07, 6.45) is -0.518. The number of hydrogen-bond acceptors (Lipinski definition) is 4. The van der Waals surface area contributed by atoms with Gasteiger partial charge in [-0.2, -0.15) is 0 Å². The van der Waals surface area contributed by atoms with Crippen molar-refractivity contribution in [3.05, 3.63) is 29.8 Å². The van der Waals surface area contributed by atoms with Gasteiger partial charge in [0.05, 0.1) is 25.9 Å². The normalized spacial score (nSPS) is 18.2. The van der Waals surface area contributed by atoms with Crippen LogP contribution in [0.15, 0.2) is 29.3 Å². The first-order valence-corrected chi connectivity index (χ1v) is 8.19. The first-order chi connectivity index (χ1) is 11.0. The van der Waals surface area contributed by atoms with E-state index in [9.17, 15) is 5.11 Å². The summed E-state index contributed by atoms with van der Waals surface area (Å²) in [5.41, 5.74) is 8.07. The molecule has 6 nitrogen and oxygen atoms in total. The molecule has 1 heterocycles. The van der Waals surface area contributed by atoms with E-state index < -0.39 is 6.10 Å². The van der Waals surface area contributed by atoms with Crippen molar-refractivity contribution in [1.82, 2.24) is 4.90 Å². The van der Waals surface area contributed by atoms with Crippen LogP contribution >= 0.6 is 0 Å². The van der Waals surface area contributed by atoms with Crippen LogP contribution in [0.1, 0.15) is 25.3 Å². The zero-order chi connectivity index (χ0) is 16.7. The molecule has 0 aliphatic carbocycles. The quantitative estimate of drug-likeness (QED) is 0.542. The van der Waals surface area contributed by atoms with Gasteiger partial charge in [0.15, 0.2) is 5.96 Å². The summed E-state index contributed by atoms with van der Waals surface area (Å²) in [6, 6.07) is 8.11. The van der Waals surface area contributed by atoms with Gasteiger partial charge in [0.1, 0.15) is 0 Å². The third-order valence-electron chi connectivity index (χ3n) is 3.87. The fraction of sp³-hybridized carbons (Fsp3) is 0.588. The van der Waals surface area contributed by atoms with E-state index in [4.69, 9.17) is 10.5 Å². The van der Waals surface area contributed by atoms with Crippen LogP contribution < -0.4 is 11.1 Å². The first kappa shape index (κ1) is 17.7. The Bertz CT molecular complexity index is 513. The molecule has 0 spiro atoms. The number of nitrogens with two attached hydrogens (primary N) is 1. The summed E-state index contributed by atoms with van der Waals surface area (Å²) in [6.45, 7) is 8.37. The van der Waals surface area contributed by atoms with Crippen LogP contribution in [0.2, 0.25) is 0 Å². The van der Waals surface area contributed by atoms with Crippen molar-refractivity contribution in [3.63, 3.8) is 0 Å². The van der Waals surface area contributed by atoms with Crippen LogP contribution in [0.25, 0.3) is 0 Å². The molecule has 0 bridgehead atoms. The van der Waals surface area contributed by atoms with E-state index in [1.807, 2.05) is 12.1 Å². The lowest BCUT2D eigenvalue weighted by Crippen LogP contribution is -2.42. The van der Waals surface area contributed by atoms with E-state index in [1.165, 1.54) is 5.56 Å². The van der Waals surface area contributed by atoms with Crippen molar-refractivity contribution in [1.29, 1.82) is 0 Å². The Balaban J connectivity index is 1.81.